The summed E-state index contributed by atoms with van der Waals surface area (Å²) >= 11 is 0. The second kappa shape index (κ2) is 23.2. The molecule has 1 amide bonds. The number of para-hydroxylation sites is 2. The molecular weight excluding hydrogens is 825 g/mol. The number of sulfonamides is 2. The smallest absolute Gasteiger partial charge is 0.874 e. The Morgan fingerprint density at radius 1 is 0.691 bits per heavy atom. The second-order valence-electron chi connectivity index (χ2n) is 10.2. The van der Waals surface area contributed by atoms with Gasteiger partial charge in [0.2, 0.25) is 20.0 Å². The Kier molecular flexibility index (Phi) is 21.5. The molecule has 279 valence electrons. The molecule has 0 bridgehead atoms. The number of carbonyl (C=O) groups is 1. The zero-order valence-corrected chi connectivity index (χ0v) is 36.1. The van der Waals surface area contributed by atoms with E-state index >= 15 is 0 Å². The molecule has 0 saturated heterocycles. The maximum atomic E-state index is 12.2. The van der Waals surface area contributed by atoms with Crippen molar-refractivity contribution in [2.24, 2.45) is 35.7 Å². The third kappa shape index (κ3) is 16.3. The fourth-order valence-electron chi connectivity index (χ4n) is 3.64. The molecule has 0 unspecified atom stereocenters. The van der Waals surface area contributed by atoms with E-state index in [9.17, 15) is 47.2 Å². The van der Waals surface area contributed by atoms with E-state index in [-0.39, 0.29) is 97.1 Å². The number of anilines is 1. The number of hydrogen-bond acceptors (Lipinski definition) is 15. The Balaban J connectivity index is 0.00000101. The number of amides is 1. The third-order valence-corrected chi connectivity index (χ3v) is 7.97. The maximum absolute atomic E-state index is 12.2. The molecule has 0 aliphatic rings. The number of allylic oxidation sites excluding steroid dienone is 2. The minimum absolute atomic E-state index is 0. The molecular formula is C32H28CoN8Na2O10S2. The maximum Gasteiger partial charge on any atom is 2.00 e. The van der Waals surface area contributed by atoms with Crippen molar-refractivity contribution in [3.63, 3.8) is 0 Å². The van der Waals surface area contributed by atoms with Gasteiger partial charge in [-0.25, -0.2) is 27.1 Å². The Morgan fingerprint density at radius 3 is 1.51 bits per heavy atom. The van der Waals surface area contributed by atoms with Gasteiger partial charge in [-0.15, -0.1) is 10.9 Å². The summed E-state index contributed by atoms with van der Waals surface area (Å²) < 4.78 is 45.3. The minimum Gasteiger partial charge on any atom is -0.874 e. The van der Waals surface area contributed by atoms with Gasteiger partial charge in [-0.3, -0.25) is 9.79 Å². The van der Waals surface area contributed by atoms with E-state index < -0.39 is 66.3 Å². The first-order valence-corrected chi connectivity index (χ1v) is 17.4. The van der Waals surface area contributed by atoms with Crippen molar-refractivity contribution in [3.05, 3.63) is 120 Å². The van der Waals surface area contributed by atoms with Crippen LogP contribution in [0.2, 0.25) is 0 Å². The van der Waals surface area contributed by atoms with Gasteiger partial charge >= 0.3 is 75.9 Å². The van der Waals surface area contributed by atoms with Crippen molar-refractivity contribution in [2.75, 3.05) is 5.32 Å². The van der Waals surface area contributed by atoms with Gasteiger partial charge in [0.05, 0.1) is 32.6 Å². The van der Waals surface area contributed by atoms with E-state index in [0.29, 0.717) is 11.4 Å². The number of nitrogens with one attached hydrogen (secondary N) is 1. The number of aliphatic imine (C=N–C) groups is 1. The van der Waals surface area contributed by atoms with Crippen LogP contribution < -0.4 is 95.1 Å². The fraction of sp³-hybridized carbons (Fsp3) is 0.0625. The molecule has 0 fully saturated rings. The standard InChI is InChI=1S/2C16H16N4O5S.Co.2Na/c2*1-10(21)15(16(23)18-11-5-3-2-4-6-11)20-19-13-9-12(26(17,24)25)7-8-14(13)22;;;/h2*2-9,21-22H,1H3,(H,18,23)(H2,17,24,25);;;/q;;+2;2*+1/p-4. The number of nitrogens with two attached hydrogens (primary N) is 2. The molecule has 0 saturated carbocycles. The van der Waals surface area contributed by atoms with Crippen LogP contribution in [-0.2, 0) is 41.6 Å². The van der Waals surface area contributed by atoms with E-state index in [1.807, 2.05) is 0 Å². The average Bonchev–Trinajstić information content (AvgIpc) is 3.06. The Morgan fingerprint density at radius 2 is 1.11 bits per heavy atom. The van der Waals surface area contributed by atoms with Gasteiger partial charge in [0.15, 0.2) is 5.70 Å². The summed E-state index contributed by atoms with van der Waals surface area (Å²) in [6.45, 7) is 2.31. The van der Waals surface area contributed by atoms with Crippen LogP contribution in [0, 0.1) is 0 Å². The number of nitrogens with zero attached hydrogens (tertiary/aromatic N) is 5. The molecule has 0 aliphatic carbocycles. The monoisotopic (exact) mass is 853 g/mol. The second-order valence-corrected chi connectivity index (χ2v) is 13.3. The molecule has 0 spiro atoms. The molecule has 0 atom stereocenters. The average molecular weight is 854 g/mol. The minimum atomic E-state index is -4.05. The summed E-state index contributed by atoms with van der Waals surface area (Å²) in [6, 6.07) is 22.4. The summed E-state index contributed by atoms with van der Waals surface area (Å²) in [4.78, 5) is 15.3. The van der Waals surface area contributed by atoms with Crippen molar-refractivity contribution in [1.29, 1.82) is 0 Å². The van der Waals surface area contributed by atoms with Crippen molar-refractivity contribution < 1.29 is 123 Å². The zero-order valence-electron chi connectivity index (χ0n) is 29.4. The number of hydrogen-bond donors (Lipinski definition) is 4. The molecule has 18 nitrogen and oxygen atoms in total. The molecule has 4 rings (SSSR count). The van der Waals surface area contributed by atoms with E-state index in [0.717, 1.165) is 43.3 Å². The number of aliphatic hydroxyl groups is 1. The molecule has 55 heavy (non-hydrogen) atoms. The van der Waals surface area contributed by atoms with Crippen LogP contribution in [0.25, 0.3) is 0 Å². The molecule has 1 radical (unpaired) electrons. The van der Waals surface area contributed by atoms with Gasteiger partial charge in [-0.2, -0.15) is 15.3 Å². The van der Waals surface area contributed by atoms with Crippen molar-refractivity contribution in [3.8, 4) is 11.5 Å². The van der Waals surface area contributed by atoms with Crippen LogP contribution >= 0.6 is 0 Å². The number of azo groups is 2. The molecule has 0 aliphatic heterocycles. The van der Waals surface area contributed by atoms with Gasteiger partial charge in [-0.05, 0) is 55.5 Å². The summed E-state index contributed by atoms with van der Waals surface area (Å²) in [7, 11) is -8.09. The first-order chi connectivity index (χ1) is 24.4. The fourth-order valence-corrected chi connectivity index (χ4v) is 4.71. The van der Waals surface area contributed by atoms with Crippen molar-refractivity contribution in [2.45, 2.75) is 23.6 Å². The number of rotatable bonds is 10. The number of benzene rings is 4. The Hall–Kier alpha value is -3.97. The van der Waals surface area contributed by atoms with Gasteiger partial charge in [0.1, 0.15) is 5.76 Å². The first-order valence-electron chi connectivity index (χ1n) is 14.3. The molecule has 6 N–H and O–H groups in total. The van der Waals surface area contributed by atoms with E-state index in [1.54, 1.807) is 60.7 Å². The normalized spacial score (nSPS) is 12.5. The van der Waals surface area contributed by atoms with Crippen molar-refractivity contribution >= 4 is 54.6 Å². The van der Waals surface area contributed by atoms with E-state index in [2.05, 4.69) is 30.8 Å². The number of aliphatic hydroxyl groups excluding tert-OH is 1. The van der Waals surface area contributed by atoms with Crippen LogP contribution in [0.4, 0.5) is 22.7 Å². The SMILES string of the molecule is CC(O)=C(N=Nc1cc(S(N)(=O)=O)ccc1[O-])C(=O)Nc1ccccc1.CC([O-])=C(N=Nc1cc(S(N)(=O)=O)ccc1[O-])C([O-])=Nc1ccccc1.[Co+2].[Na+].[Na+]. The van der Waals surface area contributed by atoms with Gasteiger partial charge < -0.3 is 30.8 Å². The predicted octanol–water partition coefficient (Wildman–Crippen LogP) is -3.90. The zero-order chi connectivity index (χ0) is 38.6. The molecule has 23 heteroatoms. The van der Waals surface area contributed by atoms with Gasteiger partial charge in [0, 0.05) is 11.6 Å². The van der Waals surface area contributed by atoms with Crippen molar-refractivity contribution in [1.82, 2.24) is 0 Å². The predicted molar refractivity (Wildman–Crippen MR) is 180 cm³/mol. The number of primary sulfonamides is 2. The quantitative estimate of drug-likeness (QED) is 0.0300. The first kappa shape index (κ1) is 51.0. The molecule has 0 heterocycles. The summed E-state index contributed by atoms with van der Waals surface area (Å²) in [6.07, 6.45) is 0. The Bertz CT molecular complexity index is 2320. The van der Waals surface area contributed by atoms with E-state index in [1.165, 1.54) is 6.92 Å². The summed E-state index contributed by atoms with van der Waals surface area (Å²) in [5.74, 6) is -4.13. The van der Waals surface area contributed by atoms with Crippen LogP contribution in [0.1, 0.15) is 13.8 Å². The topological polar surface area (TPSA) is 324 Å². The molecule has 4 aromatic carbocycles. The third-order valence-electron chi connectivity index (χ3n) is 6.15. The van der Waals surface area contributed by atoms with Gasteiger partial charge in [0.25, 0.3) is 5.91 Å². The largest absolute Gasteiger partial charge is 2.00 e. The summed E-state index contributed by atoms with van der Waals surface area (Å²) in [5, 5.41) is 83.6. The van der Waals surface area contributed by atoms with Gasteiger partial charge in [-0.1, -0.05) is 67.0 Å². The van der Waals surface area contributed by atoms with Crippen LogP contribution in [0.3, 0.4) is 0 Å². The molecule has 0 aromatic heterocycles. The number of carbonyl (C=O) groups excluding carboxylic acids is 1. The Labute approximate surface area is 370 Å². The molecule has 4 aromatic rings. The van der Waals surface area contributed by atoms with Crippen LogP contribution in [0.5, 0.6) is 11.5 Å². The summed E-state index contributed by atoms with van der Waals surface area (Å²) in [5.41, 5.74) is -0.992. The van der Waals surface area contributed by atoms with Crippen LogP contribution in [-0.4, -0.2) is 33.7 Å². The van der Waals surface area contributed by atoms with E-state index in [4.69, 9.17) is 10.3 Å². The van der Waals surface area contributed by atoms with Crippen LogP contribution in [0.15, 0.2) is 155 Å².